The second kappa shape index (κ2) is 7.34. The fraction of sp³-hybridized carbons (Fsp3) is 0.238. The lowest BCUT2D eigenvalue weighted by Crippen LogP contribution is -2.27. The number of carbonyl (C=O) groups is 1. The van der Waals surface area contributed by atoms with Crippen molar-refractivity contribution in [3.8, 4) is 0 Å². The first kappa shape index (κ1) is 18.2. The summed E-state index contributed by atoms with van der Waals surface area (Å²) < 4.78 is 1.84. The Kier molecular flexibility index (Phi) is 5.14. The van der Waals surface area contributed by atoms with Crippen LogP contribution >= 0.6 is 11.6 Å². The molecule has 0 fully saturated rings. The second-order valence-corrected chi connectivity index (χ2v) is 6.90. The first-order valence-corrected chi connectivity index (χ1v) is 8.88. The molecule has 1 aromatic heterocycles. The predicted octanol–water partition coefficient (Wildman–Crippen LogP) is 4.79. The quantitative estimate of drug-likeness (QED) is 0.665. The van der Waals surface area contributed by atoms with Crippen molar-refractivity contribution in [2.75, 3.05) is 11.9 Å². The zero-order valence-corrected chi connectivity index (χ0v) is 16.2. The zero-order chi connectivity index (χ0) is 18.8. The number of benzene rings is 2. The molecule has 0 aliphatic rings. The Balaban J connectivity index is 1.91. The molecule has 5 heteroatoms. The summed E-state index contributed by atoms with van der Waals surface area (Å²) >= 11 is 6.26. The summed E-state index contributed by atoms with van der Waals surface area (Å²) in [6, 6.07) is 15.6. The molecule has 134 valence electrons. The number of aryl methyl sites for hydroxylation is 2. The smallest absolute Gasteiger partial charge is 0.261 e. The molecule has 26 heavy (non-hydrogen) atoms. The van der Waals surface area contributed by atoms with Crippen molar-refractivity contribution in [1.29, 1.82) is 0 Å². The van der Waals surface area contributed by atoms with E-state index in [9.17, 15) is 4.79 Å². The minimum absolute atomic E-state index is 0.0609. The highest BCUT2D eigenvalue weighted by Crippen LogP contribution is 2.22. The van der Waals surface area contributed by atoms with Crippen molar-refractivity contribution in [2.45, 2.75) is 27.3 Å². The van der Waals surface area contributed by atoms with Gasteiger partial charge in [-0.1, -0.05) is 47.5 Å². The van der Waals surface area contributed by atoms with Crippen LogP contribution in [0.3, 0.4) is 0 Å². The molecule has 0 aliphatic heterocycles. The maximum absolute atomic E-state index is 13.1. The summed E-state index contributed by atoms with van der Waals surface area (Å²) in [5, 5.41) is 5.27. The molecule has 0 saturated carbocycles. The lowest BCUT2D eigenvalue weighted by Gasteiger charge is -2.18. The van der Waals surface area contributed by atoms with E-state index in [-0.39, 0.29) is 5.91 Å². The van der Waals surface area contributed by atoms with E-state index in [2.05, 4.69) is 5.10 Å². The summed E-state index contributed by atoms with van der Waals surface area (Å²) in [7, 11) is 1.79. The Bertz CT molecular complexity index is 944. The number of amides is 1. The van der Waals surface area contributed by atoms with Gasteiger partial charge >= 0.3 is 0 Å². The van der Waals surface area contributed by atoms with Crippen molar-refractivity contribution in [3.63, 3.8) is 0 Å². The Labute approximate surface area is 159 Å². The fourth-order valence-corrected chi connectivity index (χ4v) is 3.20. The van der Waals surface area contributed by atoms with Crippen LogP contribution in [0.25, 0.3) is 0 Å². The fourth-order valence-electron chi connectivity index (χ4n) is 3.00. The van der Waals surface area contributed by atoms with Gasteiger partial charge in [-0.3, -0.25) is 9.48 Å². The molecule has 3 rings (SSSR count). The van der Waals surface area contributed by atoms with Crippen LogP contribution in [0.5, 0.6) is 0 Å². The largest absolute Gasteiger partial charge is 0.311 e. The molecular formula is C21H22ClN3O. The van der Waals surface area contributed by atoms with Gasteiger partial charge in [0, 0.05) is 23.5 Å². The normalized spacial score (nSPS) is 10.8. The van der Waals surface area contributed by atoms with Crippen LogP contribution in [-0.4, -0.2) is 22.7 Å². The molecule has 0 N–H and O–H groups in total. The third-order valence-electron chi connectivity index (χ3n) is 4.60. The lowest BCUT2D eigenvalue weighted by atomic mass is 10.1. The van der Waals surface area contributed by atoms with Crippen LogP contribution in [0.2, 0.25) is 5.02 Å². The topological polar surface area (TPSA) is 38.1 Å². The van der Waals surface area contributed by atoms with Crippen LogP contribution in [0, 0.1) is 20.8 Å². The van der Waals surface area contributed by atoms with Crippen LogP contribution in [-0.2, 0) is 6.54 Å². The first-order chi connectivity index (χ1) is 12.4. The van der Waals surface area contributed by atoms with E-state index in [1.807, 2.05) is 74.0 Å². The summed E-state index contributed by atoms with van der Waals surface area (Å²) in [5.41, 5.74) is 5.20. The molecule has 0 saturated heterocycles. The van der Waals surface area contributed by atoms with Crippen molar-refractivity contribution in [2.24, 2.45) is 0 Å². The number of rotatable bonds is 4. The molecule has 0 spiro atoms. The third-order valence-corrected chi connectivity index (χ3v) is 4.97. The molecule has 1 heterocycles. The van der Waals surface area contributed by atoms with Gasteiger partial charge in [0.05, 0.1) is 17.8 Å². The number of hydrogen-bond acceptors (Lipinski definition) is 2. The molecule has 1 amide bonds. The van der Waals surface area contributed by atoms with E-state index in [1.54, 1.807) is 11.9 Å². The minimum Gasteiger partial charge on any atom is -0.311 e. The average Bonchev–Trinajstić information content (AvgIpc) is 2.90. The molecule has 0 atom stereocenters. The SMILES string of the molecule is Cc1ccc(N(C)C(=O)c2c(C)nn(Cc3ccccc3Cl)c2C)cc1. The highest BCUT2D eigenvalue weighted by molar-refractivity contribution is 6.31. The van der Waals surface area contributed by atoms with Crippen molar-refractivity contribution in [1.82, 2.24) is 9.78 Å². The molecule has 2 aromatic carbocycles. The van der Waals surface area contributed by atoms with Gasteiger partial charge in [-0.15, -0.1) is 0 Å². The standard InChI is InChI=1S/C21H22ClN3O/c1-14-9-11-18(12-10-14)24(4)21(26)20-15(2)23-25(16(20)3)13-17-7-5-6-8-19(17)22/h5-12H,13H2,1-4H3. The summed E-state index contributed by atoms with van der Waals surface area (Å²) in [5.74, 6) is -0.0609. The van der Waals surface area contributed by atoms with Crippen LogP contribution in [0.1, 0.15) is 32.9 Å². The lowest BCUT2D eigenvalue weighted by molar-refractivity contribution is 0.0991. The molecule has 3 aromatic rings. The maximum atomic E-state index is 13.1. The second-order valence-electron chi connectivity index (χ2n) is 6.49. The Morgan fingerprint density at radius 1 is 1.08 bits per heavy atom. The zero-order valence-electron chi connectivity index (χ0n) is 15.5. The molecule has 0 aliphatic carbocycles. The van der Waals surface area contributed by atoms with Gasteiger partial charge in [0.1, 0.15) is 0 Å². The number of nitrogens with zero attached hydrogens (tertiary/aromatic N) is 3. The highest BCUT2D eigenvalue weighted by Gasteiger charge is 2.23. The minimum atomic E-state index is -0.0609. The van der Waals surface area contributed by atoms with Gasteiger partial charge in [0.25, 0.3) is 5.91 Å². The maximum Gasteiger partial charge on any atom is 0.261 e. The third kappa shape index (κ3) is 3.51. The van der Waals surface area contributed by atoms with Crippen LogP contribution in [0.15, 0.2) is 48.5 Å². The molecule has 0 bridgehead atoms. The van der Waals surface area contributed by atoms with Crippen molar-refractivity contribution >= 4 is 23.2 Å². The van der Waals surface area contributed by atoms with Gasteiger partial charge < -0.3 is 4.90 Å². The van der Waals surface area contributed by atoms with E-state index in [0.717, 1.165) is 28.2 Å². The van der Waals surface area contributed by atoms with E-state index in [1.165, 1.54) is 0 Å². The van der Waals surface area contributed by atoms with Gasteiger partial charge in [0.2, 0.25) is 0 Å². The number of halogens is 1. The summed E-state index contributed by atoms with van der Waals surface area (Å²) in [6.07, 6.45) is 0. The van der Waals surface area contributed by atoms with Crippen molar-refractivity contribution < 1.29 is 4.79 Å². The monoisotopic (exact) mass is 367 g/mol. The van der Waals surface area contributed by atoms with Gasteiger partial charge in [-0.25, -0.2) is 0 Å². The number of hydrogen-bond donors (Lipinski definition) is 0. The van der Waals surface area contributed by atoms with Crippen LogP contribution < -0.4 is 4.90 Å². The van der Waals surface area contributed by atoms with E-state index in [4.69, 9.17) is 11.6 Å². The van der Waals surface area contributed by atoms with Gasteiger partial charge in [-0.2, -0.15) is 5.10 Å². The molecule has 0 unspecified atom stereocenters. The molecular weight excluding hydrogens is 346 g/mol. The van der Waals surface area contributed by atoms with E-state index >= 15 is 0 Å². The first-order valence-electron chi connectivity index (χ1n) is 8.50. The van der Waals surface area contributed by atoms with Crippen molar-refractivity contribution in [3.05, 3.63) is 81.6 Å². The number of aromatic nitrogens is 2. The number of anilines is 1. The summed E-state index contributed by atoms with van der Waals surface area (Å²) in [6.45, 7) is 6.35. The Morgan fingerprint density at radius 2 is 1.73 bits per heavy atom. The highest BCUT2D eigenvalue weighted by atomic mass is 35.5. The van der Waals surface area contributed by atoms with Crippen LogP contribution in [0.4, 0.5) is 5.69 Å². The molecule has 4 nitrogen and oxygen atoms in total. The average molecular weight is 368 g/mol. The molecule has 0 radical (unpaired) electrons. The predicted molar refractivity (Wildman–Crippen MR) is 106 cm³/mol. The van der Waals surface area contributed by atoms with Gasteiger partial charge in [0.15, 0.2) is 0 Å². The Hall–Kier alpha value is -2.59. The Morgan fingerprint density at radius 3 is 2.38 bits per heavy atom. The summed E-state index contributed by atoms with van der Waals surface area (Å²) in [4.78, 5) is 14.7. The van der Waals surface area contributed by atoms with E-state index < -0.39 is 0 Å². The van der Waals surface area contributed by atoms with E-state index in [0.29, 0.717) is 17.1 Å². The van der Waals surface area contributed by atoms with Gasteiger partial charge in [-0.05, 0) is 44.5 Å². The number of carbonyl (C=O) groups excluding carboxylic acids is 1.